The second-order valence-corrected chi connectivity index (χ2v) is 5.73. The number of hydrogen-bond donors (Lipinski definition) is 2. The van der Waals surface area contributed by atoms with Crippen LogP contribution < -0.4 is 10.2 Å². The van der Waals surface area contributed by atoms with Gasteiger partial charge in [-0.3, -0.25) is 14.9 Å². The van der Waals surface area contributed by atoms with Crippen LogP contribution in [0.3, 0.4) is 0 Å². The van der Waals surface area contributed by atoms with Crippen LogP contribution >= 0.6 is 0 Å². The fraction of sp³-hybridized carbons (Fsp3) is 0.467. The van der Waals surface area contributed by atoms with Gasteiger partial charge >= 0.3 is 5.97 Å². The lowest BCUT2D eigenvalue weighted by atomic mass is 10.1. The third kappa shape index (κ3) is 2.67. The Morgan fingerprint density at radius 2 is 2.05 bits per heavy atom. The highest BCUT2D eigenvalue weighted by molar-refractivity contribution is 5.97. The van der Waals surface area contributed by atoms with Crippen molar-refractivity contribution in [3.05, 3.63) is 29.8 Å². The van der Waals surface area contributed by atoms with Gasteiger partial charge in [0.2, 0.25) is 5.91 Å². The van der Waals surface area contributed by atoms with E-state index in [1.54, 1.807) is 18.7 Å². The summed E-state index contributed by atoms with van der Waals surface area (Å²) < 4.78 is 0. The van der Waals surface area contributed by atoms with Crippen molar-refractivity contribution in [2.75, 3.05) is 11.4 Å². The second-order valence-electron chi connectivity index (χ2n) is 5.73. The first-order valence-corrected chi connectivity index (χ1v) is 6.71. The zero-order chi connectivity index (χ0) is 14.9. The maximum atomic E-state index is 12.4. The average Bonchev–Trinajstić information content (AvgIpc) is 2.71. The van der Waals surface area contributed by atoms with Gasteiger partial charge in [-0.05, 0) is 38.8 Å². The molecule has 5 nitrogen and oxygen atoms in total. The molecule has 2 rings (SSSR count). The number of para-hydroxylation sites is 1. The third-order valence-electron chi connectivity index (χ3n) is 3.69. The SMILES string of the molecule is CC1Cc2ccccc2N1C(=O)CNC(C)(C)C(=O)O. The number of rotatable bonds is 4. The number of carboxylic acid groups (broad SMARTS) is 1. The van der Waals surface area contributed by atoms with E-state index in [1.165, 1.54) is 0 Å². The molecule has 0 saturated carbocycles. The maximum absolute atomic E-state index is 12.4. The molecule has 2 N–H and O–H groups in total. The number of benzene rings is 1. The third-order valence-corrected chi connectivity index (χ3v) is 3.69. The van der Waals surface area contributed by atoms with Crippen molar-refractivity contribution in [1.82, 2.24) is 5.32 Å². The van der Waals surface area contributed by atoms with Crippen LogP contribution in [0.1, 0.15) is 26.3 Å². The molecule has 1 unspecified atom stereocenters. The Hall–Kier alpha value is -1.88. The van der Waals surface area contributed by atoms with Crippen LogP contribution in [0, 0.1) is 0 Å². The Kier molecular flexibility index (Phi) is 3.81. The van der Waals surface area contributed by atoms with Gasteiger partial charge in [0, 0.05) is 11.7 Å². The van der Waals surface area contributed by atoms with E-state index < -0.39 is 11.5 Å². The average molecular weight is 276 g/mol. The first-order valence-electron chi connectivity index (χ1n) is 6.71. The molecule has 0 spiro atoms. The van der Waals surface area contributed by atoms with E-state index in [2.05, 4.69) is 5.32 Å². The molecule has 0 aromatic heterocycles. The molecule has 5 heteroatoms. The second kappa shape index (κ2) is 5.25. The molecule has 0 aliphatic carbocycles. The molecule has 1 aliphatic rings. The minimum Gasteiger partial charge on any atom is -0.480 e. The van der Waals surface area contributed by atoms with Crippen LogP contribution in [-0.2, 0) is 16.0 Å². The van der Waals surface area contributed by atoms with Gasteiger partial charge in [0.1, 0.15) is 5.54 Å². The molecule has 1 heterocycles. The summed E-state index contributed by atoms with van der Waals surface area (Å²) in [5, 5.41) is 11.8. The number of anilines is 1. The number of amides is 1. The van der Waals surface area contributed by atoms with Gasteiger partial charge in [0.25, 0.3) is 0 Å². The summed E-state index contributed by atoms with van der Waals surface area (Å²) in [4.78, 5) is 25.1. The van der Waals surface area contributed by atoms with Crippen molar-refractivity contribution in [3.63, 3.8) is 0 Å². The highest BCUT2D eigenvalue weighted by Gasteiger charge is 2.32. The number of hydrogen-bond acceptors (Lipinski definition) is 3. The number of nitrogens with one attached hydrogen (secondary N) is 1. The predicted octanol–water partition coefficient (Wildman–Crippen LogP) is 1.42. The summed E-state index contributed by atoms with van der Waals surface area (Å²) >= 11 is 0. The lowest BCUT2D eigenvalue weighted by Gasteiger charge is -2.26. The van der Waals surface area contributed by atoms with Crippen molar-refractivity contribution >= 4 is 17.6 Å². The molecule has 0 saturated heterocycles. The quantitative estimate of drug-likeness (QED) is 0.872. The Labute approximate surface area is 118 Å². The molecule has 0 radical (unpaired) electrons. The van der Waals surface area contributed by atoms with E-state index in [4.69, 9.17) is 5.11 Å². The Bertz CT molecular complexity index is 540. The standard InChI is InChI=1S/C15H20N2O3/c1-10-8-11-6-4-5-7-12(11)17(10)13(18)9-16-15(2,3)14(19)20/h4-7,10,16H,8-9H2,1-3H3,(H,19,20). The lowest BCUT2D eigenvalue weighted by molar-refractivity contribution is -0.143. The summed E-state index contributed by atoms with van der Waals surface area (Å²) in [6.45, 7) is 5.10. The van der Waals surface area contributed by atoms with Crippen LogP contribution in [0.4, 0.5) is 5.69 Å². The molecular weight excluding hydrogens is 256 g/mol. The highest BCUT2D eigenvalue weighted by Crippen LogP contribution is 2.31. The summed E-state index contributed by atoms with van der Waals surface area (Å²) in [5.74, 6) is -1.07. The zero-order valence-corrected chi connectivity index (χ0v) is 12.0. The van der Waals surface area contributed by atoms with Crippen molar-refractivity contribution in [2.24, 2.45) is 0 Å². The van der Waals surface area contributed by atoms with E-state index in [1.807, 2.05) is 31.2 Å². The molecular formula is C15H20N2O3. The predicted molar refractivity (Wildman–Crippen MR) is 76.8 cm³/mol. The van der Waals surface area contributed by atoms with Gasteiger partial charge in [-0.15, -0.1) is 0 Å². The topological polar surface area (TPSA) is 69.6 Å². The van der Waals surface area contributed by atoms with Crippen molar-refractivity contribution < 1.29 is 14.7 Å². The number of aliphatic carboxylic acids is 1. The first-order chi connectivity index (χ1) is 9.33. The first kappa shape index (κ1) is 14.5. The van der Waals surface area contributed by atoms with Gasteiger partial charge in [-0.1, -0.05) is 18.2 Å². The number of nitrogens with zero attached hydrogens (tertiary/aromatic N) is 1. The minimum atomic E-state index is -1.11. The van der Waals surface area contributed by atoms with E-state index in [9.17, 15) is 9.59 Å². The van der Waals surface area contributed by atoms with Crippen LogP contribution in [0.15, 0.2) is 24.3 Å². The van der Waals surface area contributed by atoms with Crippen LogP contribution in [0.5, 0.6) is 0 Å². The van der Waals surface area contributed by atoms with Crippen LogP contribution in [-0.4, -0.2) is 35.1 Å². The Morgan fingerprint density at radius 1 is 1.40 bits per heavy atom. The maximum Gasteiger partial charge on any atom is 0.323 e. The van der Waals surface area contributed by atoms with Crippen molar-refractivity contribution in [3.8, 4) is 0 Å². The lowest BCUT2D eigenvalue weighted by Crippen LogP contribution is -2.51. The molecule has 20 heavy (non-hydrogen) atoms. The molecule has 0 fully saturated rings. The Morgan fingerprint density at radius 3 is 2.70 bits per heavy atom. The van der Waals surface area contributed by atoms with E-state index in [0.29, 0.717) is 0 Å². The summed E-state index contributed by atoms with van der Waals surface area (Å²) in [5.41, 5.74) is 0.976. The summed E-state index contributed by atoms with van der Waals surface area (Å²) in [6.07, 6.45) is 0.838. The molecule has 1 aromatic carbocycles. The fourth-order valence-corrected chi connectivity index (χ4v) is 2.40. The van der Waals surface area contributed by atoms with Gasteiger partial charge in [-0.25, -0.2) is 0 Å². The minimum absolute atomic E-state index is 0.0119. The molecule has 1 aromatic rings. The molecule has 1 amide bonds. The zero-order valence-electron chi connectivity index (χ0n) is 12.0. The van der Waals surface area contributed by atoms with Gasteiger partial charge in [-0.2, -0.15) is 0 Å². The van der Waals surface area contributed by atoms with Gasteiger partial charge in [0.05, 0.1) is 6.54 Å². The van der Waals surface area contributed by atoms with Crippen molar-refractivity contribution in [2.45, 2.75) is 38.8 Å². The summed E-state index contributed by atoms with van der Waals surface area (Å²) in [6, 6.07) is 7.93. The number of carboxylic acids is 1. The fourth-order valence-electron chi connectivity index (χ4n) is 2.40. The number of carbonyl (C=O) groups excluding carboxylic acids is 1. The van der Waals surface area contributed by atoms with Crippen molar-refractivity contribution in [1.29, 1.82) is 0 Å². The highest BCUT2D eigenvalue weighted by atomic mass is 16.4. The summed E-state index contributed by atoms with van der Waals surface area (Å²) in [7, 11) is 0. The molecule has 1 atom stereocenters. The van der Waals surface area contributed by atoms with E-state index >= 15 is 0 Å². The van der Waals surface area contributed by atoms with E-state index in [-0.39, 0.29) is 18.5 Å². The number of fused-ring (bicyclic) bond motifs is 1. The Balaban J connectivity index is 2.09. The van der Waals surface area contributed by atoms with Crippen LogP contribution in [0.25, 0.3) is 0 Å². The molecule has 1 aliphatic heterocycles. The van der Waals surface area contributed by atoms with E-state index in [0.717, 1.165) is 17.7 Å². The van der Waals surface area contributed by atoms with Gasteiger partial charge in [0.15, 0.2) is 0 Å². The monoisotopic (exact) mass is 276 g/mol. The molecule has 0 bridgehead atoms. The normalized spacial score (nSPS) is 17.9. The van der Waals surface area contributed by atoms with Crippen LogP contribution in [0.2, 0.25) is 0 Å². The largest absolute Gasteiger partial charge is 0.480 e. The molecule has 108 valence electrons. The number of carbonyl (C=O) groups is 2. The smallest absolute Gasteiger partial charge is 0.323 e. The van der Waals surface area contributed by atoms with Gasteiger partial charge < -0.3 is 10.0 Å².